The van der Waals surface area contributed by atoms with Gasteiger partial charge in [-0.15, -0.1) is 0 Å². The second kappa shape index (κ2) is 8.61. The van der Waals surface area contributed by atoms with E-state index >= 15 is 0 Å². The smallest absolute Gasteiger partial charge is 0.258 e. The number of rotatable bonds is 9. The lowest BCUT2D eigenvalue weighted by molar-refractivity contribution is -0.127. The Bertz CT molecular complexity index is 420. The minimum atomic E-state index is -1.43. The van der Waals surface area contributed by atoms with Gasteiger partial charge >= 0.3 is 0 Å². The molecule has 0 fully saturated rings. The summed E-state index contributed by atoms with van der Waals surface area (Å²) in [6.07, 6.45) is 2.06. The van der Waals surface area contributed by atoms with Crippen molar-refractivity contribution >= 4 is 5.91 Å². The van der Waals surface area contributed by atoms with Crippen molar-refractivity contribution < 1.29 is 24.9 Å². The Balaban J connectivity index is 2.49. The molecule has 0 bridgehead atoms. The number of hydrogen-bond donors (Lipinski definition) is 4. The maximum absolute atomic E-state index is 11.7. The minimum absolute atomic E-state index is 0.255. The molecule has 118 valence electrons. The lowest BCUT2D eigenvalue weighted by Crippen LogP contribution is -2.58. The van der Waals surface area contributed by atoms with Crippen molar-refractivity contribution in [1.29, 1.82) is 0 Å². The monoisotopic (exact) mass is 297 g/mol. The first-order valence-electron chi connectivity index (χ1n) is 6.94. The van der Waals surface area contributed by atoms with Crippen molar-refractivity contribution in [1.82, 2.24) is 5.32 Å². The number of benzene rings is 1. The molecule has 0 atom stereocenters. The topological polar surface area (TPSA) is 99.0 Å². The first-order valence-corrected chi connectivity index (χ1v) is 6.94. The molecule has 21 heavy (non-hydrogen) atoms. The van der Waals surface area contributed by atoms with E-state index in [1.165, 1.54) is 5.56 Å². The zero-order valence-corrected chi connectivity index (χ0v) is 12.2. The zero-order valence-electron chi connectivity index (χ0n) is 12.2. The van der Waals surface area contributed by atoms with Crippen molar-refractivity contribution in [3.05, 3.63) is 29.8 Å². The van der Waals surface area contributed by atoms with Crippen LogP contribution in [0.4, 0.5) is 0 Å². The van der Waals surface area contributed by atoms with Gasteiger partial charge in [0.2, 0.25) is 0 Å². The van der Waals surface area contributed by atoms with E-state index in [1.807, 2.05) is 12.1 Å². The fraction of sp³-hybridized carbons (Fsp3) is 0.533. The lowest BCUT2D eigenvalue weighted by Gasteiger charge is -2.28. The van der Waals surface area contributed by atoms with Crippen molar-refractivity contribution in [2.45, 2.75) is 25.3 Å². The molecule has 0 saturated heterocycles. The molecule has 0 aliphatic heterocycles. The first-order chi connectivity index (χ1) is 10.1. The van der Waals surface area contributed by atoms with E-state index in [1.54, 1.807) is 12.1 Å². The van der Waals surface area contributed by atoms with E-state index in [0.29, 0.717) is 5.75 Å². The van der Waals surface area contributed by atoms with Gasteiger partial charge < -0.3 is 25.4 Å². The lowest BCUT2D eigenvalue weighted by atomic mass is 10.0. The maximum atomic E-state index is 11.7. The number of ether oxygens (including phenoxy) is 1. The minimum Gasteiger partial charge on any atom is -0.484 e. The van der Waals surface area contributed by atoms with Crippen LogP contribution in [-0.2, 0) is 11.2 Å². The average Bonchev–Trinajstić information content (AvgIpc) is 2.52. The molecule has 0 radical (unpaired) electrons. The summed E-state index contributed by atoms with van der Waals surface area (Å²) < 4.78 is 5.32. The first kappa shape index (κ1) is 17.4. The van der Waals surface area contributed by atoms with Gasteiger partial charge in [0.15, 0.2) is 6.61 Å². The highest BCUT2D eigenvalue weighted by Crippen LogP contribution is 2.13. The summed E-state index contributed by atoms with van der Waals surface area (Å²) in [5.41, 5.74) is -0.222. The third-order valence-corrected chi connectivity index (χ3v) is 3.14. The average molecular weight is 297 g/mol. The van der Waals surface area contributed by atoms with Gasteiger partial charge in [-0.25, -0.2) is 0 Å². The number of carbonyl (C=O) groups excluding carboxylic acids is 1. The standard InChI is InChI=1S/C15H23NO5/c1-2-3-12-4-6-13(7-5-12)21-8-14(20)16-15(9-17,10-18)11-19/h4-7,17-19H,2-3,8-11H2,1H3,(H,16,20). The van der Waals surface area contributed by atoms with Crippen molar-refractivity contribution in [2.24, 2.45) is 0 Å². The van der Waals surface area contributed by atoms with Gasteiger partial charge in [-0.2, -0.15) is 0 Å². The SMILES string of the molecule is CCCc1ccc(OCC(=O)NC(CO)(CO)CO)cc1. The summed E-state index contributed by atoms with van der Waals surface area (Å²) in [6, 6.07) is 7.46. The summed E-state index contributed by atoms with van der Waals surface area (Å²) in [6.45, 7) is 0.172. The highest BCUT2D eigenvalue weighted by Gasteiger charge is 2.29. The number of aliphatic hydroxyl groups excluding tert-OH is 3. The number of aliphatic hydroxyl groups is 3. The molecule has 0 aliphatic carbocycles. The van der Waals surface area contributed by atoms with Crippen LogP contribution in [0.5, 0.6) is 5.75 Å². The molecule has 1 rings (SSSR count). The van der Waals surface area contributed by atoms with Crippen LogP contribution in [0.15, 0.2) is 24.3 Å². The van der Waals surface area contributed by atoms with E-state index in [0.717, 1.165) is 12.8 Å². The molecule has 1 amide bonds. The van der Waals surface area contributed by atoms with Crippen molar-refractivity contribution in [3.63, 3.8) is 0 Å². The van der Waals surface area contributed by atoms with Gasteiger partial charge in [0.25, 0.3) is 5.91 Å². The largest absolute Gasteiger partial charge is 0.484 e. The van der Waals surface area contributed by atoms with Crippen LogP contribution in [0.2, 0.25) is 0 Å². The summed E-state index contributed by atoms with van der Waals surface area (Å²) >= 11 is 0. The van der Waals surface area contributed by atoms with Crippen LogP contribution in [0.25, 0.3) is 0 Å². The summed E-state index contributed by atoms with van der Waals surface area (Å²) in [5, 5.41) is 29.7. The highest BCUT2D eigenvalue weighted by molar-refractivity contribution is 5.78. The molecule has 0 heterocycles. The summed E-state index contributed by atoms with van der Waals surface area (Å²) in [7, 11) is 0. The third-order valence-electron chi connectivity index (χ3n) is 3.14. The van der Waals surface area contributed by atoms with Gasteiger partial charge in [0.05, 0.1) is 19.8 Å². The Morgan fingerprint density at radius 2 is 1.71 bits per heavy atom. The molecule has 1 aromatic carbocycles. The van der Waals surface area contributed by atoms with Crippen LogP contribution in [0.1, 0.15) is 18.9 Å². The zero-order chi connectivity index (χ0) is 15.7. The predicted octanol–water partition coefficient (Wildman–Crippen LogP) is -0.150. The molecule has 1 aromatic rings. The van der Waals surface area contributed by atoms with Crippen molar-refractivity contribution in [2.75, 3.05) is 26.4 Å². The van der Waals surface area contributed by atoms with Crippen LogP contribution in [0.3, 0.4) is 0 Å². The Hall–Kier alpha value is -1.63. The fourth-order valence-electron chi connectivity index (χ4n) is 1.79. The van der Waals surface area contributed by atoms with Crippen molar-refractivity contribution in [3.8, 4) is 5.75 Å². The number of carbonyl (C=O) groups is 1. The molecule has 0 unspecified atom stereocenters. The van der Waals surface area contributed by atoms with E-state index in [4.69, 9.17) is 20.1 Å². The molecule has 0 spiro atoms. The maximum Gasteiger partial charge on any atom is 0.258 e. The van der Waals surface area contributed by atoms with Crippen LogP contribution in [-0.4, -0.2) is 53.2 Å². The van der Waals surface area contributed by atoms with E-state index in [2.05, 4.69) is 12.2 Å². The van der Waals surface area contributed by atoms with Crippen LogP contribution < -0.4 is 10.1 Å². The second-order valence-electron chi connectivity index (χ2n) is 4.99. The fourth-order valence-corrected chi connectivity index (χ4v) is 1.79. The Kier molecular flexibility index (Phi) is 7.14. The van der Waals surface area contributed by atoms with E-state index in [9.17, 15) is 4.79 Å². The predicted molar refractivity (Wildman–Crippen MR) is 78.1 cm³/mol. The molecular weight excluding hydrogens is 274 g/mol. The molecule has 4 N–H and O–H groups in total. The molecular formula is C15H23NO5. The quantitative estimate of drug-likeness (QED) is 0.508. The number of aryl methyl sites for hydroxylation is 1. The highest BCUT2D eigenvalue weighted by atomic mass is 16.5. The van der Waals surface area contributed by atoms with E-state index in [-0.39, 0.29) is 6.61 Å². The van der Waals surface area contributed by atoms with Gasteiger partial charge in [-0.3, -0.25) is 4.79 Å². The molecule has 0 aliphatic rings. The van der Waals surface area contributed by atoms with Gasteiger partial charge in [-0.1, -0.05) is 25.5 Å². The third kappa shape index (κ3) is 5.34. The molecule has 0 saturated carbocycles. The molecule has 0 aromatic heterocycles. The van der Waals surface area contributed by atoms with Gasteiger partial charge in [0.1, 0.15) is 11.3 Å². The Morgan fingerprint density at radius 1 is 1.14 bits per heavy atom. The number of amides is 1. The van der Waals surface area contributed by atoms with E-state index < -0.39 is 31.3 Å². The van der Waals surface area contributed by atoms with Gasteiger partial charge in [0, 0.05) is 0 Å². The molecule has 6 heteroatoms. The summed E-state index contributed by atoms with van der Waals surface area (Å²) in [4.78, 5) is 11.7. The van der Waals surface area contributed by atoms with Crippen LogP contribution in [0, 0.1) is 0 Å². The number of nitrogens with one attached hydrogen (secondary N) is 1. The number of hydrogen-bond acceptors (Lipinski definition) is 5. The van der Waals surface area contributed by atoms with Gasteiger partial charge in [-0.05, 0) is 24.1 Å². The molecule has 6 nitrogen and oxygen atoms in total. The Morgan fingerprint density at radius 3 is 2.19 bits per heavy atom. The summed E-state index contributed by atoms with van der Waals surface area (Å²) in [5.74, 6) is 0.0392. The second-order valence-corrected chi connectivity index (χ2v) is 4.99. The van der Waals surface area contributed by atoms with Crippen LogP contribution >= 0.6 is 0 Å². The Labute approximate surface area is 124 Å². The normalized spacial score (nSPS) is 11.2.